The molecule has 41 valence electrons. The Hall–Kier alpha value is -0.860. The maximum atomic E-state index is 3.55. The minimum absolute atomic E-state index is 0.699. The van der Waals surface area contributed by atoms with E-state index in [1.54, 1.807) is 0 Å². The van der Waals surface area contributed by atoms with Crippen LogP contribution < -0.4 is 0 Å². The molecule has 0 bridgehead atoms. The molecule has 0 aliphatic heterocycles. The molecule has 0 amide bonds. The standard InChI is InChI=1S/C5H6N3/c1-2-4(1)5-3-6-8-7-5/h4H,1-2H2,(H,6,7,8). The van der Waals surface area contributed by atoms with E-state index in [1.165, 1.54) is 12.8 Å². The molecule has 0 aromatic carbocycles. The predicted octanol–water partition coefficient (Wildman–Crippen LogP) is 0.482. The normalized spacial score (nSPS) is 19.0. The van der Waals surface area contributed by atoms with Crippen LogP contribution in [0.3, 0.4) is 0 Å². The van der Waals surface area contributed by atoms with E-state index < -0.39 is 0 Å². The fraction of sp³-hybridized carbons (Fsp3) is 0.600. The van der Waals surface area contributed by atoms with Crippen LogP contribution in [0.2, 0.25) is 0 Å². The van der Waals surface area contributed by atoms with Crippen LogP contribution in [-0.4, -0.2) is 15.4 Å². The molecule has 1 saturated carbocycles. The zero-order valence-electron chi connectivity index (χ0n) is 4.39. The Balaban J connectivity index is 2.28. The van der Waals surface area contributed by atoms with Crippen LogP contribution in [0.4, 0.5) is 0 Å². The molecule has 1 heterocycles. The van der Waals surface area contributed by atoms with Gasteiger partial charge in [-0.05, 0) is 12.8 Å². The van der Waals surface area contributed by atoms with E-state index in [4.69, 9.17) is 0 Å². The molecule has 1 radical (unpaired) electrons. The summed E-state index contributed by atoms with van der Waals surface area (Å²) in [5.74, 6) is 0.699. The monoisotopic (exact) mass is 108 g/mol. The molecular formula is C5H6N3. The van der Waals surface area contributed by atoms with Crippen LogP contribution >= 0.6 is 0 Å². The fourth-order valence-corrected chi connectivity index (χ4v) is 0.737. The van der Waals surface area contributed by atoms with E-state index in [2.05, 4.69) is 21.6 Å². The molecule has 1 aromatic rings. The summed E-state index contributed by atoms with van der Waals surface area (Å²) in [4.78, 5) is 0. The molecule has 1 fully saturated rings. The van der Waals surface area contributed by atoms with Crippen molar-refractivity contribution in [2.75, 3.05) is 0 Å². The summed E-state index contributed by atoms with van der Waals surface area (Å²) < 4.78 is 0. The first-order chi connectivity index (χ1) is 3.97. The smallest absolute Gasteiger partial charge is 0.138 e. The number of aromatic nitrogens is 3. The van der Waals surface area contributed by atoms with Gasteiger partial charge in [-0.1, -0.05) is 5.21 Å². The van der Waals surface area contributed by atoms with Crippen LogP contribution in [0.15, 0.2) is 0 Å². The minimum atomic E-state index is 0.699. The first-order valence-electron chi connectivity index (χ1n) is 2.75. The largest absolute Gasteiger partial charge is 0.261 e. The minimum Gasteiger partial charge on any atom is -0.261 e. The van der Waals surface area contributed by atoms with Gasteiger partial charge in [-0.2, -0.15) is 0 Å². The van der Waals surface area contributed by atoms with Crippen molar-refractivity contribution in [3.63, 3.8) is 0 Å². The molecule has 2 rings (SSSR count). The quantitative estimate of drug-likeness (QED) is 0.568. The van der Waals surface area contributed by atoms with Gasteiger partial charge in [-0.15, -0.1) is 5.10 Å². The van der Waals surface area contributed by atoms with Gasteiger partial charge >= 0.3 is 0 Å². The summed E-state index contributed by atoms with van der Waals surface area (Å²) in [5, 5.41) is 9.89. The molecular weight excluding hydrogens is 102 g/mol. The second kappa shape index (κ2) is 1.31. The summed E-state index contributed by atoms with van der Waals surface area (Å²) in [5.41, 5.74) is 1.07. The van der Waals surface area contributed by atoms with Gasteiger partial charge in [0.2, 0.25) is 0 Å². The van der Waals surface area contributed by atoms with E-state index in [0.29, 0.717) is 5.92 Å². The van der Waals surface area contributed by atoms with E-state index in [0.717, 1.165) is 5.69 Å². The molecule has 1 aliphatic rings. The van der Waals surface area contributed by atoms with Crippen molar-refractivity contribution in [1.82, 2.24) is 15.4 Å². The summed E-state index contributed by atoms with van der Waals surface area (Å²) in [6, 6.07) is 0. The summed E-state index contributed by atoms with van der Waals surface area (Å²) in [6.07, 6.45) is 5.34. The molecule has 0 atom stereocenters. The highest BCUT2D eigenvalue weighted by molar-refractivity contribution is 5.06. The van der Waals surface area contributed by atoms with Gasteiger partial charge in [0, 0.05) is 5.92 Å². The highest BCUT2D eigenvalue weighted by Crippen LogP contribution is 2.37. The summed E-state index contributed by atoms with van der Waals surface area (Å²) in [6.45, 7) is 0. The average molecular weight is 108 g/mol. The number of hydrogen-bond acceptors (Lipinski definition) is 2. The average Bonchev–Trinajstić information content (AvgIpc) is 2.49. The topological polar surface area (TPSA) is 41.6 Å². The number of rotatable bonds is 1. The molecule has 1 aromatic heterocycles. The highest BCUT2D eigenvalue weighted by Gasteiger charge is 2.25. The lowest BCUT2D eigenvalue weighted by atomic mass is 10.3. The molecule has 1 aliphatic carbocycles. The maximum Gasteiger partial charge on any atom is 0.138 e. The van der Waals surface area contributed by atoms with Crippen LogP contribution in [0, 0.1) is 6.20 Å². The van der Waals surface area contributed by atoms with Gasteiger partial charge in [0.25, 0.3) is 0 Å². The van der Waals surface area contributed by atoms with Crippen molar-refractivity contribution in [2.24, 2.45) is 0 Å². The molecule has 8 heavy (non-hydrogen) atoms. The third kappa shape index (κ3) is 0.510. The molecule has 3 heteroatoms. The second-order valence-electron chi connectivity index (χ2n) is 2.11. The summed E-state index contributed by atoms with van der Waals surface area (Å²) >= 11 is 0. The van der Waals surface area contributed by atoms with Gasteiger partial charge in [0.1, 0.15) is 6.20 Å². The zero-order valence-corrected chi connectivity index (χ0v) is 4.39. The number of nitrogens with zero attached hydrogens (tertiary/aromatic N) is 2. The highest BCUT2D eigenvalue weighted by atomic mass is 15.3. The first kappa shape index (κ1) is 4.06. The first-order valence-corrected chi connectivity index (χ1v) is 2.75. The Labute approximate surface area is 47.1 Å². The Morgan fingerprint density at radius 1 is 1.62 bits per heavy atom. The Bertz CT molecular complexity index is 164. The van der Waals surface area contributed by atoms with E-state index in [1.807, 2.05) is 0 Å². The van der Waals surface area contributed by atoms with Gasteiger partial charge in [0.05, 0.1) is 5.69 Å². The van der Waals surface area contributed by atoms with Crippen molar-refractivity contribution >= 4 is 0 Å². The molecule has 0 saturated heterocycles. The Morgan fingerprint density at radius 2 is 2.50 bits per heavy atom. The van der Waals surface area contributed by atoms with Crippen LogP contribution in [0.1, 0.15) is 24.5 Å². The lowest BCUT2D eigenvalue weighted by Gasteiger charge is -1.79. The van der Waals surface area contributed by atoms with Crippen LogP contribution in [0.5, 0.6) is 0 Å². The van der Waals surface area contributed by atoms with Crippen molar-refractivity contribution < 1.29 is 0 Å². The summed E-state index contributed by atoms with van der Waals surface area (Å²) in [7, 11) is 0. The fourth-order valence-electron chi connectivity index (χ4n) is 0.737. The van der Waals surface area contributed by atoms with E-state index in [-0.39, 0.29) is 0 Å². The van der Waals surface area contributed by atoms with Crippen molar-refractivity contribution in [3.05, 3.63) is 11.9 Å². The molecule has 1 N–H and O–H groups in total. The van der Waals surface area contributed by atoms with Crippen LogP contribution in [0.25, 0.3) is 0 Å². The van der Waals surface area contributed by atoms with Crippen molar-refractivity contribution in [3.8, 4) is 0 Å². The predicted molar refractivity (Wildman–Crippen MR) is 27.2 cm³/mol. The molecule has 0 unspecified atom stereocenters. The van der Waals surface area contributed by atoms with Crippen molar-refractivity contribution in [2.45, 2.75) is 18.8 Å². The zero-order chi connectivity index (χ0) is 5.40. The van der Waals surface area contributed by atoms with Crippen molar-refractivity contribution in [1.29, 1.82) is 0 Å². The van der Waals surface area contributed by atoms with E-state index in [9.17, 15) is 0 Å². The third-order valence-corrected chi connectivity index (χ3v) is 1.38. The Morgan fingerprint density at radius 3 is 3.00 bits per heavy atom. The van der Waals surface area contributed by atoms with Gasteiger partial charge in [0.15, 0.2) is 0 Å². The SMILES string of the molecule is [c]1nn[nH]c1C1CC1. The van der Waals surface area contributed by atoms with Gasteiger partial charge < -0.3 is 0 Å². The number of H-pyrrole nitrogens is 1. The number of nitrogens with one attached hydrogen (secondary N) is 1. The Kier molecular flexibility index (Phi) is 0.664. The van der Waals surface area contributed by atoms with E-state index >= 15 is 0 Å². The number of hydrogen-bond donors (Lipinski definition) is 1. The lowest BCUT2D eigenvalue weighted by Crippen LogP contribution is -1.76. The van der Waals surface area contributed by atoms with Gasteiger partial charge in [-0.3, -0.25) is 5.10 Å². The number of aromatic amines is 1. The second-order valence-corrected chi connectivity index (χ2v) is 2.11. The van der Waals surface area contributed by atoms with Gasteiger partial charge in [-0.25, -0.2) is 0 Å². The maximum absolute atomic E-state index is 3.55. The lowest BCUT2D eigenvalue weighted by molar-refractivity contribution is 0.904. The molecule has 0 spiro atoms. The molecule has 3 nitrogen and oxygen atoms in total. The third-order valence-electron chi connectivity index (χ3n) is 1.38. The van der Waals surface area contributed by atoms with Crippen LogP contribution in [-0.2, 0) is 0 Å².